The molecule has 0 saturated carbocycles. The van der Waals surface area contributed by atoms with E-state index in [1.807, 2.05) is 17.0 Å². The number of hydrogen-bond acceptors (Lipinski definition) is 5. The minimum atomic E-state index is 0.000242. The molecule has 0 fully saturated rings. The zero-order valence-corrected chi connectivity index (χ0v) is 11.9. The number of carbonyl (C=O) groups excluding carboxylic acids is 1. The molecule has 2 rings (SSSR count). The normalized spacial score (nSPS) is 9.90. The standard InChI is InChI=1S/C16H16N4O/c1-13(21)15-5-8-19-16(10-15)20(9-3-6-17)12-14-4-2-7-18-11-14/h2,4-5,7-8,10-11H,3,9,12H2,1H3. The summed E-state index contributed by atoms with van der Waals surface area (Å²) in [6.45, 7) is 2.68. The highest BCUT2D eigenvalue weighted by molar-refractivity contribution is 5.94. The summed E-state index contributed by atoms with van der Waals surface area (Å²) in [5.41, 5.74) is 1.65. The summed E-state index contributed by atoms with van der Waals surface area (Å²) in [5.74, 6) is 0.696. The Morgan fingerprint density at radius 2 is 2.24 bits per heavy atom. The molecule has 0 saturated heterocycles. The van der Waals surface area contributed by atoms with Crippen LogP contribution in [0.2, 0.25) is 0 Å². The molecule has 106 valence electrons. The molecule has 5 nitrogen and oxygen atoms in total. The van der Waals surface area contributed by atoms with E-state index in [1.54, 1.807) is 30.7 Å². The maximum Gasteiger partial charge on any atom is 0.159 e. The Balaban J connectivity index is 2.25. The highest BCUT2D eigenvalue weighted by Crippen LogP contribution is 2.16. The first kappa shape index (κ1) is 14.7. The van der Waals surface area contributed by atoms with Gasteiger partial charge in [-0.05, 0) is 30.7 Å². The third-order valence-electron chi connectivity index (χ3n) is 3.07. The Kier molecular flexibility index (Phi) is 4.99. The summed E-state index contributed by atoms with van der Waals surface area (Å²) >= 11 is 0. The zero-order valence-electron chi connectivity index (χ0n) is 11.9. The summed E-state index contributed by atoms with van der Waals surface area (Å²) in [6.07, 6.45) is 5.52. The number of ketones is 1. The average molecular weight is 280 g/mol. The molecule has 0 aliphatic heterocycles. The van der Waals surface area contributed by atoms with Crippen molar-refractivity contribution in [3.63, 3.8) is 0 Å². The van der Waals surface area contributed by atoms with E-state index in [-0.39, 0.29) is 5.78 Å². The highest BCUT2D eigenvalue weighted by Gasteiger charge is 2.10. The fourth-order valence-electron chi connectivity index (χ4n) is 1.98. The fraction of sp³-hybridized carbons (Fsp3) is 0.250. The second-order valence-electron chi connectivity index (χ2n) is 4.65. The maximum atomic E-state index is 11.5. The lowest BCUT2D eigenvalue weighted by molar-refractivity contribution is 0.101. The largest absolute Gasteiger partial charge is 0.351 e. The first-order valence-corrected chi connectivity index (χ1v) is 6.68. The maximum absolute atomic E-state index is 11.5. The second kappa shape index (κ2) is 7.15. The Morgan fingerprint density at radius 1 is 1.38 bits per heavy atom. The van der Waals surface area contributed by atoms with Gasteiger partial charge in [-0.25, -0.2) is 4.98 Å². The van der Waals surface area contributed by atoms with Gasteiger partial charge >= 0.3 is 0 Å². The van der Waals surface area contributed by atoms with Crippen molar-refractivity contribution in [2.75, 3.05) is 11.4 Å². The number of nitriles is 1. The predicted octanol–water partition coefficient (Wildman–Crippen LogP) is 2.60. The summed E-state index contributed by atoms with van der Waals surface area (Å²) < 4.78 is 0. The molecule has 0 aliphatic carbocycles. The lowest BCUT2D eigenvalue weighted by Crippen LogP contribution is -2.25. The van der Waals surface area contributed by atoms with Crippen LogP contribution in [0, 0.1) is 11.3 Å². The summed E-state index contributed by atoms with van der Waals surface area (Å²) in [6, 6.07) is 9.44. The van der Waals surface area contributed by atoms with Crippen molar-refractivity contribution in [2.45, 2.75) is 19.9 Å². The number of nitrogens with zero attached hydrogens (tertiary/aromatic N) is 4. The van der Waals surface area contributed by atoms with E-state index in [0.29, 0.717) is 30.9 Å². The van der Waals surface area contributed by atoms with Crippen LogP contribution in [0.5, 0.6) is 0 Å². The molecule has 0 bridgehead atoms. The van der Waals surface area contributed by atoms with Gasteiger partial charge in [0.2, 0.25) is 0 Å². The van der Waals surface area contributed by atoms with Crippen LogP contribution in [0.1, 0.15) is 29.3 Å². The number of Topliss-reactive ketones (excluding diaryl/α,β-unsaturated/α-hetero) is 1. The van der Waals surface area contributed by atoms with Crippen LogP contribution in [0.3, 0.4) is 0 Å². The molecule has 0 spiro atoms. The molecule has 2 aromatic heterocycles. The van der Waals surface area contributed by atoms with Crippen LogP contribution in [0.15, 0.2) is 42.9 Å². The van der Waals surface area contributed by atoms with Gasteiger partial charge in [0.15, 0.2) is 5.78 Å². The highest BCUT2D eigenvalue weighted by atomic mass is 16.1. The Hall–Kier alpha value is -2.74. The molecule has 5 heteroatoms. The average Bonchev–Trinajstić information content (AvgIpc) is 2.52. The quantitative estimate of drug-likeness (QED) is 0.761. The van der Waals surface area contributed by atoms with Gasteiger partial charge in [-0.1, -0.05) is 6.07 Å². The van der Waals surface area contributed by atoms with Crippen molar-refractivity contribution >= 4 is 11.6 Å². The van der Waals surface area contributed by atoms with E-state index in [1.165, 1.54) is 6.92 Å². The number of hydrogen-bond donors (Lipinski definition) is 0. The minimum Gasteiger partial charge on any atom is -0.351 e. The minimum absolute atomic E-state index is 0.000242. The Morgan fingerprint density at radius 3 is 2.90 bits per heavy atom. The van der Waals surface area contributed by atoms with Gasteiger partial charge in [-0.2, -0.15) is 5.26 Å². The van der Waals surface area contributed by atoms with Gasteiger partial charge in [-0.15, -0.1) is 0 Å². The van der Waals surface area contributed by atoms with E-state index in [2.05, 4.69) is 16.0 Å². The van der Waals surface area contributed by atoms with Crippen LogP contribution < -0.4 is 4.90 Å². The fourth-order valence-corrected chi connectivity index (χ4v) is 1.98. The van der Waals surface area contributed by atoms with Gasteiger partial charge < -0.3 is 4.90 Å². The van der Waals surface area contributed by atoms with Crippen molar-refractivity contribution < 1.29 is 4.79 Å². The van der Waals surface area contributed by atoms with Gasteiger partial charge in [0.25, 0.3) is 0 Å². The molecule has 0 unspecified atom stereocenters. The molecule has 0 atom stereocenters. The topological polar surface area (TPSA) is 69.9 Å². The molecule has 21 heavy (non-hydrogen) atoms. The van der Waals surface area contributed by atoms with Crippen molar-refractivity contribution in [3.8, 4) is 6.07 Å². The smallest absolute Gasteiger partial charge is 0.159 e. The van der Waals surface area contributed by atoms with Crippen LogP contribution in [-0.2, 0) is 6.54 Å². The molecule has 0 N–H and O–H groups in total. The van der Waals surface area contributed by atoms with Gasteiger partial charge in [-0.3, -0.25) is 9.78 Å². The van der Waals surface area contributed by atoms with Crippen molar-refractivity contribution in [1.29, 1.82) is 5.26 Å². The first-order chi connectivity index (χ1) is 10.2. The summed E-state index contributed by atoms with van der Waals surface area (Å²) in [5, 5.41) is 8.81. The molecular weight excluding hydrogens is 264 g/mol. The number of carbonyl (C=O) groups is 1. The SMILES string of the molecule is CC(=O)c1ccnc(N(CCC#N)Cc2cccnc2)c1. The number of pyridine rings is 2. The van der Waals surface area contributed by atoms with E-state index in [9.17, 15) is 4.79 Å². The monoisotopic (exact) mass is 280 g/mol. The van der Waals surface area contributed by atoms with Crippen LogP contribution in [-0.4, -0.2) is 22.3 Å². The van der Waals surface area contributed by atoms with E-state index >= 15 is 0 Å². The van der Waals surface area contributed by atoms with Gasteiger partial charge in [0.1, 0.15) is 5.82 Å². The van der Waals surface area contributed by atoms with Gasteiger partial charge in [0.05, 0.1) is 12.5 Å². The van der Waals surface area contributed by atoms with E-state index in [0.717, 1.165) is 5.56 Å². The molecule has 0 radical (unpaired) electrons. The summed E-state index contributed by atoms with van der Waals surface area (Å²) in [4.78, 5) is 21.9. The molecule has 2 heterocycles. The number of rotatable bonds is 6. The Labute approximate surface area is 123 Å². The van der Waals surface area contributed by atoms with Crippen LogP contribution in [0.4, 0.5) is 5.82 Å². The first-order valence-electron chi connectivity index (χ1n) is 6.68. The van der Waals surface area contributed by atoms with E-state index < -0.39 is 0 Å². The van der Waals surface area contributed by atoms with E-state index in [4.69, 9.17) is 5.26 Å². The van der Waals surface area contributed by atoms with Gasteiger partial charge in [0, 0.05) is 37.2 Å². The third-order valence-corrected chi connectivity index (χ3v) is 3.07. The van der Waals surface area contributed by atoms with Crippen molar-refractivity contribution in [1.82, 2.24) is 9.97 Å². The van der Waals surface area contributed by atoms with Crippen LogP contribution >= 0.6 is 0 Å². The third kappa shape index (κ3) is 4.11. The lowest BCUT2D eigenvalue weighted by atomic mass is 10.2. The number of anilines is 1. The summed E-state index contributed by atoms with van der Waals surface area (Å²) in [7, 11) is 0. The zero-order chi connectivity index (χ0) is 15.1. The molecule has 0 amide bonds. The van der Waals surface area contributed by atoms with Crippen molar-refractivity contribution in [3.05, 3.63) is 54.0 Å². The van der Waals surface area contributed by atoms with Crippen molar-refractivity contribution in [2.24, 2.45) is 0 Å². The predicted molar refractivity (Wildman–Crippen MR) is 79.8 cm³/mol. The molecule has 2 aromatic rings. The second-order valence-corrected chi connectivity index (χ2v) is 4.65. The lowest BCUT2D eigenvalue weighted by Gasteiger charge is -2.23. The molecule has 0 aliphatic rings. The molecular formula is C16H16N4O. The number of aromatic nitrogens is 2. The van der Waals surface area contributed by atoms with Crippen LogP contribution in [0.25, 0.3) is 0 Å². The Bertz CT molecular complexity index is 649. The molecule has 0 aromatic carbocycles.